The van der Waals surface area contributed by atoms with Crippen molar-refractivity contribution in [2.75, 3.05) is 32.8 Å². The maximum Gasteiger partial charge on any atom is 0.161 e. The Morgan fingerprint density at radius 1 is 1.20 bits per heavy atom. The van der Waals surface area contributed by atoms with Crippen LogP contribution in [0.2, 0.25) is 0 Å². The fraction of sp³-hybridized carbons (Fsp3) is 0.700. The Morgan fingerprint density at radius 3 is 2.72 bits per heavy atom. The van der Waals surface area contributed by atoms with Crippen LogP contribution < -0.4 is 14.8 Å². The van der Waals surface area contributed by atoms with Crippen LogP contribution in [-0.2, 0) is 0 Å². The SMILES string of the molecule is CCCCCN1CCC(NCC(O)C2COc3ccccc3O2)CC1. The number of ether oxygens (including phenoxy) is 2. The molecule has 1 aromatic rings. The first-order valence-corrected chi connectivity index (χ1v) is 9.78. The Labute approximate surface area is 151 Å². The van der Waals surface area contributed by atoms with E-state index in [2.05, 4.69) is 17.1 Å². The molecule has 0 aromatic heterocycles. The Hall–Kier alpha value is -1.30. The van der Waals surface area contributed by atoms with E-state index in [1.807, 2.05) is 24.3 Å². The minimum atomic E-state index is -0.559. The largest absolute Gasteiger partial charge is 0.486 e. The molecular weight excluding hydrogens is 316 g/mol. The van der Waals surface area contributed by atoms with Crippen molar-refractivity contribution in [3.63, 3.8) is 0 Å². The molecule has 2 aliphatic rings. The molecule has 2 aliphatic heterocycles. The number of rotatable bonds is 8. The quantitative estimate of drug-likeness (QED) is 0.707. The zero-order chi connectivity index (χ0) is 17.5. The van der Waals surface area contributed by atoms with Crippen LogP contribution in [0.3, 0.4) is 0 Å². The van der Waals surface area contributed by atoms with Crippen LogP contribution in [0.4, 0.5) is 0 Å². The van der Waals surface area contributed by atoms with Crippen molar-refractivity contribution < 1.29 is 14.6 Å². The highest BCUT2D eigenvalue weighted by atomic mass is 16.6. The van der Waals surface area contributed by atoms with Crippen molar-refractivity contribution in [2.24, 2.45) is 0 Å². The summed E-state index contributed by atoms with van der Waals surface area (Å²) in [6.07, 6.45) is 5.37. The molecule has 0 spiro atoms. The number of aliphatic hydroxyl groups excluding tert-OH is 1. The summed E-state index contributed by atoms with van der Waals surface area (Å²) in [5, 5.41) is 14.0. The molecular formula is C20H32N2O3. The smallest absolute Gasteiger partial charge is 0.161 e. The molecule has 5 nitrogen and oxygen atoms in total. The van der Waals surface area contributed by atoms with Crippen LogP contribution in [0.25, 0.3) is 0 Å². The summed E-state index contributed by atoms with van der Waals surface area (Å²) < 4.78 is 11.6. The summed E-state index contributed by atoms with van der Waals surface area (Å²) in [7, 11) is 0. The van der Waals surface area contributed by atoms with Gasteiger partial charge in [-0.3, -0.25) is 0 Å². The third-order valence-corrected chi connectivity index (χ3v) is 5.24. The number of aliphatic hydroxyl groups is 1. The minimum absolute atomic E-state index is 0.309. The lowest BCUT2D eigenvalue weighted by Gasteiger charge is -2.34. The van der Waals surface area contributed by atoms with Crippen molar-refractivity contribution in [3.8, 4) is 11.5 Å². The summed E-state index contributed by atoms with van der Waals surface area (Å²) in [5.74, 6) is 1.48. The third-order valence-electron chi connectivity index (χ3n) is 5.24. The number of hydrogen-bond acceptors (Lipinski definition) is 5. The number of piperidine rings is 1. The molecule has 0 amide bonds. The van der Waals surface area contributed by atoms with Gasteiger partial charge in [-0.05, 0) is 51.0 Å². The first-order chi connectivity index (χ1) is 12.3. The lowest BCUT2D eigenvalue weighted by atomic mass is 10.0. The van der Waals surface area contributed by atoms with E-state index < -0.39 is 6.10 Å². The van der Waals surface area contributed by atoms with E-state index in [4.69, 9.17) is 9.47 Å². The molecule has 0 bridgehead atoms. The van der Waals surface area contributed by atoms with Crippen LogP contribution in [0.5, 0.6) is 11.5 Å². The van der Waals surface area contributed by atoms with Crippen molar-refractivity contribution in [2.45, 2.75) is 57.3 Å². The molecule has 2 atom stereocenters. The Morgan fingerprint density at radius 2 is 1.96 bits per heavy atom. The fourth-order valence-electron chi connectivity index (χ4n) is 3.59. The molecule has 0 radical (unpaired) electrons. The molecule has 3 rings (SSSR count). The highest BCUT2D eigenvalue weighted by molar-refractivity contribution is 5.40. The summed E-state index contributed by atoms with van der Waals surface area (Å²) >= 11 is 0. The van der Waals surface area contributed by atoms with E-state index >= 15 is 0 Å². The van der Waals surface area contributed by atoms with E-state index in [1.165, 1.54) is 25.8 Å². The van der Waals surface area contributed by atoms with Crippen molar-refractivity contribution in [1.82, 2.24) is 10.2 Å². The number of likely N-dealkylation sites (tertiary alicyclic amines) is 1. The Balaban J connectivity index is 1.35. The summed E-state index contributed by atoms with van der Waals surface area (Å²) in [4.78, 5) is 2.57. The molecule has 2 heterocycles. The number of nitrogens with zero attached hydrogens (tertiary/aromatic N) is 1. The second-order valence-electron chi connectivity index (χ2n) is 7.21. The Bertz CT molecular complexity index is 517. The number of fused-ring (bicyclic) bond motifs is 1. The molecule has 1 aromatic carbocycles. The second-order valence-corrected chi connectivity index (χ2v) is 7.21. The molecule has 25 heavy (non-hydrogen) atoms. The van der Waals surface area contributed by atoms with Crippen LogP contribution in [0.1, 0.15) is 39.0 Å². The summed E-state index contributed by atoms with van der Waals surface area (Å²) in [6.45, 7) is 6.76. The van der Waals surface area contributed by atoms with Gasteiger partial charge in [0.25, 0.3) is 0 Å². The molecule has 1 saturated heterocycles. The lowest BCUT2D eigenvalue weighted by Crippen LogP contribution is -2.49. The minimum Gasteiger partial charge on any atom is -0.486 e. The van der Waals surface area contributed by atoms with Gasteiger partial charge in [0.15, 0.2) is 17.6 Å². The topological polar surface area (TPSA) is 54.0 Å². The number of benzene rings is 1. The zero-order valence-electron chi connectivity index (χ0n) is 15.3. The predicted octanol–water partition coefficient (Wildman–Crippen LogP) is 2.43. The predicted molar refractivity (Wildman–Crippen MR) is 99.3 cm³/mol. The molecule has 2 unspecified atom stereocenters. The summed E-state index contributed by atoms with van der Waals surface area (Å²) in [6, 6.07) is 8.12. The first kappa shape index (κ1) is 18.5. The van der Waals surface area contributed by atoms with Crippen molar-refractivity contribution >= 4 is 0 Å². The van der Waals surface area contributed by atoms with Gasteiger partial charge in [0, 0.05) is 12.6 Å². The van der Waals surface area contributed by atoms with Gasteiger partial charge in [-0.15, -0.1) is 0 Å². The zero-order valence-corrected chi connectivity index (χ0v) is 15.3. The Kier molecular flexibility index (Phi) is 6.96. The second kappa shape index (κ2) is 9.41. The average Bonchev–Trinajstić information content (AvgIpc) is 2.67. The van der Waals surface area contributed by atoms with E-state index in [1.54, 1.807) is 0 Å². The van der Waals surface area contributed by atoms with E-state index in [0.717, 1.165) is 37.4 Å². The highest BCUT2D eigenvalue weighted by Gasteiger charge is 2.28. The lowest BCUT2D eigenvalue weighted by molar-refractivity contribution is -0.0110. The third kappa shape index (κ3) is 5.33. The molecule has 0 saturated carbocycles. The highest BCUT2D eigenvalue weighted by Crippen LogP contribution is 2.31. The van der Waals surface area contributed by atoms with E-state index in [0.29, 0.717) is 19.2 Å². The maximum absolute atomic E-state index is 10.4. The van der Waals surface area contributed by atoms with Gasteiger partial charge in [-0.25, -0.2) is 0 Å². The molecule has 1 fully saturated rings. The number of hydrogen-bond donors (Lipinski definition) is 2. The van der Waals surface area contributed by atoms with Crippen molar-refractivity contribution in [1.29, 1.82) is 0 Å². The molecule has 5 heteroatoms. The number of unbranched alkanes of at least 4 members (excludes halogenated alkanes) is 2. The van der Waals surface area contributed by atoms with Gasteiger partial charge in [0.05, 0.1) is 0 Å². The van der Waals surface area contributed by atoms with Gasteiger partial charge < -0.3 is 24.8 Å². The van der Waals surface area contributed by atoms with Crippen LogP contribution in [0.15, 0.2) is 24.3 Å². The first-order valence-electron chi connectivity index (χ1n) is 9.78. The average molecular weight is 348 g/mol. The monoisotopic (exact) mass is 348 g/mol. The maximum atomic E-state index is 10.4. The van der Waals surface area contributed by atoms with Gasteiger partial charge in [0.1, 0.15) is 12.7 Å². The summed E-state index contributed by atoms with van der Waals surface area (Å²) in [5.41, 5.74) is 0. The van der Waals surface area contributed by atoms with E-state index in [9.17, 15) is 5.11 Å². The van der Waals surface area contributed by atoms with Gasteiger partial charge >= 0.3 is 0 Å². The fourth-order valence-corrected chi connectivity index (χ4v) is 3.59. The van der Waals surface area contributed by atoms with E-state index in [-0.39, 0.29) is 6.10 Å². The number of nitrogens with one attached hydrogen (secondary N) is 1. The van der Waals surface area contributed by atoms with Gasteiger partial charge in [0.2, 0.25) is 0 Å². The van der Waals surface area contributed by atoms with Gasteiger partial charge in [-0.2, -0.15) is 0 Å². The van der Waals surface area contributed by atoms with Gasteiger partial charge in [-0.1, -0.05) is 31.9 Å². The standard InChI is InChI=1S/C20H32N2O3/c1-2-3-6-11-22-12-9-16(10-13-22)21-14-17(23)20-15-24-18-7-4-5-8-19(18)25-20/h4-5,7-8,16-17,20-21,23H,2-3,6,9-15H2,1H3. The van der Waals surface area contributed by atoms with Crippen LogP contribution in [-0.4, -0.2) is 61.0 Å². The molecule has 2 N–H and O–H groups in total. The normalized spacial score (nSPS) is 22.7. The van der Waals surface area contributed by atoms with Crippen LogP contribution >= 0.6 is 0 Å². The molecule has 0 aliphatic carbocycles. The number of para-hydroxylation sites is 2. The van der Waals surface area contributed by atoms with Crippen molar-refractivity contribution in [3.05, 3.63) is 24.3 Å². The van der Waals surface area contributed by atoms with Crippen LogP contribution in [0, 0.1) is 0 Å². The molecule has 140 valence electrons.